The van der Waals surface area contributed by atoms with Gasteiger partial charge in [0.1, 0.15) is 0 Å². The molecule has 0 fully saturated rings. The van der Waals surface area contributed by atoms with Crippen molar-refractivity contribution in [1.82, 2.24) is 0 Å². The van der Waals surface area contributed by atoms with Crippen LogP contribution in [0, 0.1) is 13.8 Å². The van der Waals surface area contributed by atoms with Gasteiger partial charge < -0.3 is 9.79 Å². The molecule has 0 amide bonds. The van der Waals surface area contributed by atoms with Crippen molar-refractivity contribution >= 4 is 12.9 Å². The lowest BCUT2D eigenvalue weighted by Crippen LogP contribution is -2.08. The molecule has 0 bridgehead atoms. The van der Waals surface area contributed by atoms with Crippen LogP contribution in [-0.2, 0) is 4.57 Å². The molecule has 12 heavy (non-hydrogen) atoms. The molecule has 0 aliphatic rings. The average Bonchev–Trinajstić information content (AvgIpc) is 1.92. The fourth-order valence-corrected chi connectivity index (χ4v) is 1.94. The molecule has 0 atom stereocenters. The molecule has 1 aromatic rings. The van der Waals surface area contributed by atoms with Crippen molar-refractivity contribution in [1.29, 1.82) is 0 Å². The molecule has 3 nitrogen and oxygen atoms in total. The van der Waals surface area contributed by atoms with Crippen LogP contribution in [-0.4, -0.2) is 9.79 Å². The second kappa shape index (κ2) is 3.02. The highest BCUT2D eigenvalue weighted by atomic mass is 31.2. The Morgan fingerprint density at radius 2 is 1.83 bits per heavy atom. The molecule has 4 heteroatoms. The van der Waals surface area contributed by atoms with E-state index in [1.54, 1.807) is 19.9 Å². The van der Waals surface area contributed by atoms with Crippen LogP contribution in [0.15, 0.2) is 18.2 Å². The summed E-state index contributed by atoms with van der Waals surface area (Å²) in [5.74, 6) is 0. The normalized spacial score (nSPS) is 11.7. The summed E-state index contributed by atoms with van der Waals surface area (Å²) < 4.78 is 10.9. The van der Waals surface area contributed by atoms with Crippen LogP contribution in [0.1, 0.15) is 11.1 Å². The number of rotatable bonds is 1. The highest BCUT2D eigenvalue weighted by Crippen LogP contribution is 2.34. The van der Waals surface area contributed by atoms with E-state index in [0.29, 0.717) is 5.56 Å². The van der Waals surface area contributed by atoms with Crippen molar-refractivity contribution < 1.29 is 14.4 Å². The van der Waals surface area contributed by atoms with Crippen LogP contribution >= 0.6 is 7.60 Å². The number of aryl methyl sites for hydroxylation is 2. The molecular weight excluding hydrogens is 175 g/mol. The third-order valence-corrected chi connectivity index (χ3v) is 2.79. The fourth-order valence-electron chi connectivity index (χ4n) is 1.03. The minimum atomic E-state index is -4.08. The second-order valence-corrected chi connectivity index (χ2v) is 4.40. The summed E-state index contributed by atoms with van der Waals surface area (Å²) in [6, 6.07) is 5.06. The Labute approximate surface area is 71.2 Å². The smallest absolute Gasteiger partial charge is 0.321 e. The Morgan fingerprint density at radius 1 is 1.25 bits per heavy atom. The van der Waals surface area contributed by atoms with Crippen LogP contribution in [0.4, 0.5) is 0 Å². The fraction of sp³-hybridized carbons (Fsp3) is 0.250. The van der Waals surface area contributed by atoms with E-state index in [0.717, 1.165) is 5.56 Å². The standard InChI is InChI=1S/C8H11O3P/c1-6-3-4-7(2)8(5-6)12(9,10)11/h3-5H,1-2H3,(H2,9,10,11). The van der Waals surface area contributed by atoms with Crippen LogP contribution in [0.25, 0.3) is 0 Å². The molecular formula is C8H11O3P. The molecule has 0 aliphatic heterocycles. The average molecular weight is 186 g/mol. The molecule has 0 saturated heterocycles. The summed E-state index contributed by atoms with van der Waals surface area (Å²) in [5.41, 5.74) is 1.49. The zero-order valence-electron chi connectivity index (χ0n) is 6.98. The van der Waals surface area contributed by atoms with Gasteiger partial charge in [-0.2, -0.15) is 0 Å². The van der Waals surface area contributed by atoms with Gasteiger partial charge in [-0.25, -0.2) is 0 Å². The predicted molar refractivity (Wildman–Crippen MR) is 47.6 cm³/mol. The Morgan fingerprint density at radius 3 is 2.25 bits per heavy atom. The van der Waals surface area contributed by atoms with E-state index in [1.807, 2.05) is 6.07 Å². The SMILES string of the molecule is Cc1ccc(C)c(P(=O)(O)O)c1. The maximum atomic E-state index is 10.9. The van der Waals surface area contributed by atoms with Crippen molar-refractivity contribution in [2.45, 2.75) is 13.8 Å². The van der Waals surface area contributed by atoms with Crippen molar-refractivity contribution in [3.63, 3.8) is 0 Å². The first-order valence-corrected chi connectivity index (χ1v) is 5.16. The Balaban J connectivity index is 3.33. The van der Waals surface area contributed by atoms with Gasteiger partial charge in [0.05, 0.1) is 5.30 Å². The van der Waals surface area contributed by atoms with Gasteiger partial charge >= 0.3 is 7.60 Å². The van der Waals surface area contributed by atoms with Crippen molar-refractivity contribution in [2.75, 3.05) is 0 Å². The lowest BCUT2D eigenvalue weighted by Gasteiger charge is -2.07. The van der Waals surface area contributed by atoms with E-state index in [4.69, 9.17) is 9.79 Å². The van der Waals surface area contributed by atoms with Gasteiger partial charge in [0.25, 0.3) is 0 Å². The molecule has 0 heterocycles. The number of hydrogen-bond donors (Lipinski definition) is 2. The molecule has 0 radical (unpaired) electrons. The van der Waals surface area contributed by atoms with Crippen LogP contribution in [0.5, 0.6) is 0 Å². The van der Waals surface area contributed by atoms with Gasteiger partial charge in [-0.1, -0.05) is 17.7 Å². The molecule has 0 spiro atoms. The first kappa shape index (κ1) is 9.46. The topological polar surface area (TPSA) is 57.5 Å². The summed E-state index contributed by atoms with van der Waals surface area (Å²) in [7, 11) is -4.08. The molecule has 0 saturated carbocycles. The minimum Gasteiger partial charge on any atom is -0.321 e. The molecule has 0 aliphatic carbocycles. The van der Waals surface area contributed by atoms with Crippen molar-refractivity contribution in [2.24, 2.45) is 0 Å². The highest BCUT2D eigenvalue weighted by molar-refractivity contribution is 7.60. The van der Waals surface area contributed by atoms with Gasteiger partial charge in [0, 0.05) is 0 Å². The third kappa shape index (κ3) is 1.95. The van der Waals surface area contributed by atoms with Crippen LogP contribution < -0.4 is 5.30 Å². The minimum absolute atomic E-state index is 0.127. The van der Waals surface area contributed by atoms with E-state index in [2.05, 4.69) is 0 Å². The summed E-state index contributed by atoms with van der Waals surface area (Å²) in [5, 5.41) is 0.127. The second-order valence-electron chi connectivity index (χ2n) is 2.83. The third-order valence-electron chi connectivity index (χ3n) is 1.68. The van der Waals surface area contributed by atoms with E-state index in [9.17, 15) is 4.57 Å². The summed E-state index contributed by atoms with van der Waals surface area (Å²) in [6.45, 7) is 3.49. The van der Waals surface area contributed by atoms with Crippen molar-refractivity contribution in [3.05, 3.63) is 29.3 Å². The first-order valence-electron chi connectivity index (χ1n) is 3.54. The number of benzene rings is 1. The lowest BCUT2D eigenvalue weighted by molar-refractivity contribution is 0.387. The monoisotopic (exact) mass is 186 g/mol. The maximum Gasteiger partial charge on any atom is 0.356 e. The summed E-state index contributed by atoms with van der Waals surface area (Å²) >= 11 is 0. The van der Waals surface area contributed by atoms with Crippen LogP contribution in [0.2, 0.25) is 0 Å². The Kier molecular flexibility index (Phi) is 2.38. The summed E-state index contributed by atoms with van der Waals surface area (Å²) in [4.78, 5) is 17.8. The van der Waals surface area contributed by atoms with Gasteiger partial charge in [-0.3, -0.25) is 4.57 Å². The molecule has 0 unspecified atom stereocenters. The molecule has 1 aromatic carbocycles. The van der Waals surface area contributed by atoms with E-state index in [-0.39, 0.29) is 5.30 Å². The van der Waals surface area contributed by atoms with Gasteiger partial charge in [0.15, 0.2) is 0 Å². The predicted octanol–water partition coefficient (Wildman–Crippen LogP) is 1.11. The largest absolute Gasteiger partial charge is 0.356 e. The highest BCUT2D eigenvalue weighted by Gasteiger charge is 2.19. The van der Waals surface area contributed by atoms with E-state index >= 15 is 0 Å². The molecule has 2 N–H and O–H groups in total. The van der Waals surface area contributed by atoms with Gasteiger partial charge in [0.2, 0.25) is 0 Å². The molecule has 0 aromatic heterocycles. The van der Waals surface area contributed by atoms with E-state index in [1.165, 1.54) is 6.07 Å². The van der Waals surface area contributed by atoms with E-state index < -0.39 is 7.60 Å². The first-order chi connectivity index (χ1) is 5.41. The van der Waals surface area contributed by atoms with Gasteiger partial charge in [-0.05, 0) is 25.5 Å². The zero-order valence-corrected chi connectivity index (χ0v) is 7.88. The maximum absolute atomic E-state index is 10.9. The quantitative estimate of drug-likeness (QED) is 0.646. The zero-order chi connectivity index (χ0) is 9.35. The van der Waals surface area contributed by atoms with Gasteiger partial charge in [-0.15, -0.1) is 0 Å². The summed E-state index contributed by atoms with van der Waals surface area (Å²) in [6.07, 6.45) is 0. The Hall–Kier alpha value is -0.630. The van der Waals surface area contributed by atoms with Crippen molar-refractivity contribution in [3.8, 4) is 0 Å². The van der Waals surface area contributed by atoms with Crippen LogP contribution in [0.3, 0.4) is 0 Å². The molecule has 1 rings (SSSR count). The lowest BCUT2D eigenvalue weighted by atomic mass is 10.2. The molecule has 66 valence electrons. The number of hydrogen-bond acceptors (Lipinski definition) is 1. The Bertz CT molecular complexity index is 340.